The zero-order valence-corrected chi connectivity index (χ0v) is 12.7. The lowest BCUT2D eigenvalue weighted by Gasteiger charge is -2.29. The summed E-state index contributed by atoms with van der Waals surface area (Å²) in [5.41, 5.74) is 2.29. The highest BCUT2D eigenvalue weighted by atomic mass is 16.3. The van der Waals surface area contributed by atoms with Gasteiger partial charge in [-0.25, -0.2) is 0 Å². The van der Waals surface area contributed by atoms with Gasteiger partial charge in [0.15, 0.2) is 0 Å². The lowest BCUT2D eigenvalue weighted by atomic mass is 10.1. The molecule has 0 radical (unpaired) electrons. The Kier molecular flexibility index (Phi) is 4.27. The lowest BCUT2D eigenvalue weighted by Crippen LogP contribution is -2.35. The van der Waals surface area contributed by atoms with Gasteiger partial charge in [-0.05, 0) is 36.5 Å². The fourth-order valence-corrected chi connectivity index (χ4v) is 3.25. The van der Waals surface area contributed by atoms with Crippen molar-refractivity contribution in [1.29, 1.82) is 0 Å². The third-order valence-corrected chi connectivity index (χ3v) is 4.53. The summed E-state index contributed by atoms with van der Waals surface area (Å²) in [6.45, 7) is 5.81. The maximum Gasteiger partial charge on any atom is 0.227 e. The molecular formula is C17H24N2O2. The molecule has 1 aromatic carbocycles. The number of hydrogen-bond acceptors (Lipinski definition) is 3. The number of benzene rings is 1. The molecule has 4 nitrogen and oxygen atoms in total. The number of likely N-dealkylation sites (tertiary alicyclic amines) is 1. The van der Waals surface area contributed by atoms with Crippen LogP contribution in [0.15, 0.2) is 24.3 Å². The van der Waals surface area contributed by atoms with Crippen LogP contribution in [0.5, 0.6) is 0 Å². The van der Waals surface area contributed by atoms with Gasteiger partial charge in [0.1, 0.15) is 0 Å². The number of nitrogens with zero attached hydrogens (tertiary/aromatic N) is 2. The summed E-state index contributed by atoms with van der Waals surface area (Å²) >= 11 is 0. The second-order valence-corrected chi connectivity index (χ2v) is 6.49. The molecule has 21 heavy (non-hydrogen) atoms. The molecule has 2 heterocycles. The fraction of sp³-hybridized carbons (Fsp3) is 0.588. The molecule has 1 unspecified atom stereocenters. The molecule has 4 heteroatoms. The maximum absolute atomic E-state index is 11.9. The number of aliphatic hydroxyl groups excluding tert-OH is 1. The standard InChI is InChI=1S/C17H24N2O2/c1-13-10-17(21)19(11-13)15-4-2-14(3-5-15)12-18-8-6-16(20)7-9-18/h2-5,13,16,20H,6-12H2,1H3. The quantitative estimate of drug-likeness (QED) is 0.925. The molecule has 1 N–H and O–H groups in total. The van der Waals surface area contributed by atoms with Crippen LogP contribution in [0.4, 0.5) is 5.69 Å². The molecule has 0 spiro atoms. The Morgan fingerprint density at radius 3 is 2.43 bits per heavy atom. The molecule has 1 aromatic rings. The summed E-state index contributed by atoms with van der Waals surface area (Å²) < 4.78 is 0. The molecule has 2 saturated heterocycles. The largest absolute Gasteiger partial charge is 0.393 e. The van der Waals surface area contributed by atoms with E-state index >= 15 is 0 Å². The first-order valence-electron chi connectivity index (χ1n) is 7.91. The van der Waals surface area contributed by atoms with E-state index in [1.807, 2.05) is 4.90 Å². The van der Waals surface area contributed by atoms with Crippen LogP contribution in [0, 0.1) is 5.92 Å². The molecule has 0 bridgehead atoms. The molecular weight excluding hydrogens is 264 g/mol. The summed E-state index contributed by atoms with van der Waals surface area (Å²) in [5, 5.41) is 9.53. The van der Waals surface area contributed by atoms with E-state index in [0.29, 0.717) is 12.3 Å². The fourth-order valence-electron chi connectivity index (χ4n) is 3.25. The van der Waals surface area contributed by atoms with Crippen LogP contribution in [-0.2, 0) is 11.3 Å². The van der Waals surface area contributed by atoms with Gasteiger partial charge in [0.05, 0.1) is 6.10 Å². The summed E-state index contributed by atoms with van der Waals surface area (Å²) in [7, 11) is 0. The molecule has 2 aliphatic heterocycles. The lowest BCUT2D eigenvalue weighted by molar-refractivity contribution is -0.117. The molecule has 2 fully saturated rings. The van der Waals surface area contributed by atoms with Crippen molar-refractivity contribution in [2.24, 2.45) is 5.92 Å². The molecule has 0 saturated carbocycles. The van der Waals surface area contributed by atoms with Crippen molar-refractivity contribution in [3.63, 3.8) is 0 Å². The monoisotopic (exact) mass is 288 g/mol. The van der Waals surface area contributed by atoms with Gasteiger partial charge in [-0.3, -0.25) is 9.69 Å². The maximum atomic E-state index is 11.9. The Labute approximate surface area is 126 Å². The van der Waals surface area contributed by atoms with E-state index < -0.39 is 0 Å². The highest BCUT2D eigenvalue weighted by Gasteiger charge is 2.27. The van der Waals surface area contributed by atoms with Gasteiger partial charge in [-0.15, -0.1) is 0 Å². The third-order valence-electron chi connectivity index (χ3n) is 4.53. The smallest absolute Gasteiger partial charge is 0.227 e. The predicted molar refractivity (Wildman–Crippen MR) is 83.1 cm³/mol. The minimum atomic E-state index is -0.119. The van der Waals surface area contributed by atoms with E-state index in [0.717, 1.165) is 44.7 Å². The zero-order valence-electron chi connectivity index (χ0n) is 12.7. The van der Waals surface area contributed by atoms with E-state index in [-0.39, 0.29) is 12.0 Å². The van der Waals surface area contributed by atoms with Gasteiger partial charge in [-0.2, -0.15) is 0 Å². The second kappa shape index (κ2) is 6.16. The second-order valence-electron chi connectivity index (χ2n) is 6.49. The Morgan fingerprint density at radius 1 is 1.19 bits per heavy atom. The van der Waals surface area contributed by atoms with Crippen molar-refractivity contribution >= 4 is 11.6 Å². The predicted octanol–water partition coefficient (Wildman–Crippen LogP) is 2.02. The first-order chi connectivity index (χ1) is 10.1. The average Bonchev–Trinajstić information content (AvgIpc) is 2.81. The van der Waals surface area contributed by atoms with E-state index in [4.69, 9.17) is 0 Å². The molecule has 0 aromatic heterocycles. The molecule has 114 valence electrons. The Bertz CT molecular complexity index is 492. The number of hydrogen-bond donors (Lipinski definition) is 1. The van der Waals surface area contributed by atoms with Crippen LogP contribution in [-0.4, -0.2) is 41.7 Å². The topological polar surface area (TPSA) is 43.8 Å². The first kappa shape index (κ1) is 14.5. The number of rotatable bonds is 3. The van der Waals surface area contributed by atoms with Crippen LogP contribution in [0.1, 0.15) is 31.7 Å². The normalized spacial score (nSPS) is 24.8. The van der Waals surface area contributed by atoms with Gasteiger partial charge in [0.2, 0.25) is 5.91 Å². The van der Waals surface area contributed by atoms with Gasteiger partial charge >= 0.3 is 0 Å². The Hall–Kier alpha value is -1.39. The highest BCUT2D eigenvalue weighted by molar-refractivity contribution is 5.95. The van der Waals surface area contributed by atoms with Crippen molar-refractivity contribution in [2.45, 2.75) is 38.8 Å². The van der Waals surface area contributed by atoms with Gasteiger partial charge in [0.25, 0.3) is 0 Å². The number of carbonyl (C=O) groups excluding carboxylic acids is 1. The minimum absolute atomic E-state index is 0.119. The van der Waals surface area contributed by atoms with Crippen LogP contribution < -0.4 is 4.90 Å². The van der Waals surface area contributed by atoms with Crippen LogP contribution >= 0.6 is 0 Å². The Morgan fingerprint density at radius 2 is 1.86 bits per heavy atom. The van der Waals surface area contributed by atoms with E-state index in [9.17, 15) is 9.90 Å². The number of anilines is 1. The van der Waals surface area contributed by atoms with E-state index in [1.165, 1.54) is 5.56 Å². The first-order valence-corrected chi connectivity index (χ1v) is 7.91. The zero-order chi connectivity index (χ0) is 14.8. The van der Waals surface area contributed by atoms with Crippen molar-refractivity contribution < 1.29 is 9.90 Å². The summed E-state index contributed by atoms with van der Waals surface area (Å²) in [5.74, 6) is 0.692. The van der Waals surface area contributed by atoms with E-state index in [1.54, 1.807) is 0 Å². The molecule has 2 aliphatic rings. The molecule has 1 atom stereocenters. The van der Waals surface area contributed by atoms with Crippen LogP contribution in [0.3, 0.4) is 0 Å². The summed E-state index contributed by atoms with van der Waals surface area (Å²) in [6, 6.07) is 8.36. The molecule has 3 rings (SSSR count). The number of amides is 1. The van der Waals surface area contributed by atoms with Crippen molar-refractivity contribution in [3.05, 3.63) is 29.8 Å². The minimum Gasteiger partial charge on any atom is -0.393 e. The SMILES string of the molecule is CC1CC(=O)N(c2ccc(CN3CCC(O)CC3)cc2)C1. The van der Waals surface area contributed by atoms with Gasteiger partial charge in [0, 0.05) is 38.3 Å². The highest BCUT2D eigenvalue weighted by Crippen LogP contribution is 2.25. The van der Waals surface area contributed by atoms with Crippen LogP contribution in [0.25, 0.3) is 0 Å². The summed E-state index contributed by atoms with van der Waals surface area (Å²) in [6.07, 6.45) is 2.29. The molecule has 0 aliphatic carbocycles. The number of carbonyl (C=O) groups is 1. The van der Waals surface area contributed by atoms with E-state index in [2.05, 4.69) is 36.1 Å². The van der Waals surface area contributed by atoms with Gasteiger partial charge in [-0.1, -0.05) is 19.1 Å². The van der Waals surface area contributed by atoms with Crippen molar-refractivity contribution in [2.75, 3.05) is 24.5 Å². The summed E-state index contributed by atoms with van der Waals surface area (Å²) in [4.78, 5) is 16.2. The Balaban J connectivity index is 1.60. The van der Waals surface area contributed by atoms with Crippen LogP contribution in [0.2, 0.25) is 0 Å². The average molecular weight is 288 g/mol. The van der Waals surface area contributed by atoms with Gasteiger partial charge < -0.3 is 10.0 Å². The number of aliphatic hydroxyl groups is 1. The number of piperidine rings is 1. The third kappa shape index (κ3) is 3.44. The van der Waals surface area contributed by atoms with Crippen molar-refractivity contribution in [3.8, 4) is 0 Å². The molecule has 1 amide bonds. The van der Waals surface area contributed by atoms with Crippen molar-refractivity contribution in [1.82, 2.24) is 4.90 Å².